The van der Waals surface area contributed by atoms with Gasteiger partial charge in [0.1, 0.15) is 6.54 Å². The van der Waals surface area contributed by atoms with E-state index in [2.05, 4.69) is 34.3 Å². The summed E-state index contributed by atoms with van der Waals surface area (Å²) >= 11 is 0. The molecule has 0 aromatic carbocycles. The van der Waals surface area contributed by atoms with Crippen molar-refractivity contribution >= 4 is 0 Å². The van der Waals surface area contributed by atoms with Crippen molar-refractivity contribution in [3.63, 3.8) is 0 Å². The number of aromatic nitrogens is 5. The zero-order valence-electron chi connectivity index (χ0n) is 12.1. The van der Waals surface area contributed by atoms with Gasteiger partial charge in [0.2, 0.25) is 5.89 Å². The Morgan fingerprint density at radius 2 is 2.10 bits per heavy atom. The smallest absolute Gasteiger partial charge is 0.229 e. The number of rotatable bonds is 4. The molecule has 1 fully saturated rings. The van der Waals surface area contributed by atoms with E-state index in [1.807, 2.05) is 0 Å². The molecule has 108 valence electrons. The summed E-state index contributed by atoms with van der Waals surface area (Å²) in [6, 6.07) is 0. The molecule has 0 atom stereocenters. The molecule has 0 aliphatic heterocycles. The second-order valence-electron chi connectivity index (χ2n) is 6.01. The van der Waals surface area contributed by atoms with E-state index in [0.717, 1.165) is 30.6 Å². The van der Waals surface area contributed by atoms with Crippen molar-refractivity contribution in [2.24, 2.45) is 11.8 Å². The van der Waals surface area contributed by atoms with Gasteiger partial charge in [-0.1, -0.05) is 24.2 Å². The first-order valence-electron chi connectivity index (χ1n) is 7.39. The van der Waals surface area contributed by atoms with E-state index in [1.54, 1.807) is 17.1 Å². The van der Waals surface area contributed by atoms with Crippen molar-refractivity contribution in [1.82, 2.24) is 25.1 Å². The van der Waals surface area contributed by atoms with E-state index in [9.17, 15) is 0 Å². The fourth-order valence-corrected chi connectivity index (χ4v) is 2.99. The summed E-state index contributed by atoms with van der Waals surface area (Å²) in [5.41, 5.74) is 0. The third-order valence-corrected chi connectivity index (χ3v) is 4.32. The van der Waals surface area contributed by atoms with Crippen LogP contribution in [0.5, 0.6) is 0 Å². The molecule has 2 heterocycles. The molecule has 1 aliphatic carbocycles. The molecule has 2 aromatic rings. The fourth-order valence-electron chi connectivity index (χ4n) is 2.99. The van der Waals surface area contributed by atoms with Gasteiger partial charge >= 0.3 is 0 Å². The minimum atomic E-state index is 0.432. The lowest BCUT2D eigenvalue weighted by atomic mass is 9.77. The standard InChI is InChI=1S/C14H21N5O/c1-10(2)11-3-5-12(6-4-11)14-16-13(17-20-14)9-19-8-7-15-18-19/h7-8,10-12H,3-6,9H2,1-2H3. The monoisotopic (exact) mass is 275 g/mol. The van der Waals surface area contributed by atoms with E-state index < -0.39 is 0 Å². The van der Waals surface area contributed by atoms with E-state index in [0.29, 0.717) is 18.3 Å². The SMILES string of the molecule is CC(C)C1CCC(c2nc(Cn3ccnn3)no2)CC1. The molecule has 3 rings (SSSR count). The molecule has 0 amide bonds. The molecule has 0 unspecified atom stereocenters. The highest BCUT2D eigenvalue weighted by Gasteiger charge is 2.27. The van der Waals surface area contributed by atoms with Crippen molar-refractivity contribution in [2.75, 3.05) is 0 Å². The Kier molecular flexibility index (Phi) is 3.80. The highest BCUT2D eigenvalue weighted by molar-refractivity contribution is 4.97. The number of nitrogens with zero attached hydrogens (tertiary/aromatic N) is 5. The normalized spacial score (nSPS) is 23.4. The lowest BCUT2D eigenvalue weighted by Gasteiger charge is -2.28. The number of hydrogen-bond acceptors (Lipinski definition) is 5. The van der Waals surface area contributed by atoms with Crippen LogP contribution >= 0.6 is 0 Å². The first kappa shape index (κ1) is 13.3. The quantitative estimate of drug-likeness (QED) is 0.858. The highest BCUT2D eigenvalue weighted by atomic mass is 16.5. The van der Waals surface area contributed by atoms with Crippen LogP contribution in [-0.2, 0) is 6.54 Å². The van der Waals surface area contributed by atoms with Crippen LogP contribution in [0.2, 0.25) is 0 Å². The zero-order chi connectivity index (χ0) is 13.9. The van der Waals surface area contributed by atoms with Gasteiger partial charge in [-0.2, -0.15) is 4.98 Å². The Morgan fingerprint density at radius 3 is 2.75 bits per heavy atom. The summed E-state index contributed by atoms with van der Waals surface area (Å²) in [6.45, 7) is 5.15. The van der Waals surface area contributed by atoms with Gasteiger partial charge < -0.3 is 4.52 Å². The Bertz CT molecular complexity index is 526. The second kappa shape index (κ2) is 5.73. The fraction of sp³-hybridized carbons (Fsp3) is 0.714. The molecule has 6 nitrogen and oxygen atoms in total. The highest BCUT2D eigenvalue weighted by Crippen LogP contribution is 2.37. The van der Waals surface area contributed by atoms with Gasteiger partial charge in [-0.3, -0.25) is 0 Å². The maximum Gasteiger partial charge on any atom is 0.229 e. The second-order valence-corrected chi connectivity index (χ2v) is 6.01. The molecule has 20 heavy (non-hydrogen) atoms. The zero-order valence-corrected chi connectivity index (χ0v) is 12.1. The maximum absolute atomic E-state index is 5.43. The van der Waals surface area contributed by atoms with Crippen LogP contribution < -0.4 is 0 Å². The first-order valence-corrected chi connectivity index (χ1v) is 7.39. The lowest BCUT2D eigenvalue weighted by Crippen LogP contribution is -2.17. The van der Waals surface area contributed by atoms with Gasteiger partial charge in [0.25, 0.3) is 0 Å². The lowest BCUT2D eigenvalue weighted by molar-refractivity contribution is 0.231. The van der Waals surface area contributed by atoms with Crippen LogP contribution in [0.15, 0.2) is 16.9 Å². The largest absolute Gasteiger partial charge is 0.339 e. The van der Waals surface area contributed by atoms with Gasteiger partial charge in [-0.25, -0.2) is 4.68 Å². The molecule has 0 N–H and O–H groups in total. The molecule has 0 bridgehead atoms. The minimum Gasteiger partial charge on any atom is -0.339 e. The van der Waals surface area contributed by atoms with Gasteiger partial charge in [-0.15, -0.1) is 5.10 Å². The molecular formula is C14H21N5O. The van der Waals surface area contributed by atoms with Crippen LogP contribution in [0.4, 0.5) is 0 Å². The topological polar surface area (TPSA) is 69.6 Å². The average Bonchev–Trinajstić information content (AvgIpc) is 3.11. The van der Waals surface area contributed by atoms with Crippen LogP contribution in [0.1, 0.15) is 57.2 Å². The molecule has 6 heteroatoms. The molecular weight excluding hydrogens is 254 g/mol. The number of hydrogen-bond donors (Lipinski definition) is 0. The van der Waals surface area contributed by atoms with Crippen molar-refractivity contribution < 1.29 is 4.52 Å². The summed E-state index contributed by atoms with van der Waals surface area (Å²) in [6.07, 6.45) is 8.30. The Balaban J connectivity index is 1.60. The summed E-state index contributed by atoms with van der Waals surface area (Å²) < 4.78 is 7.12. The minimum absolute atomic E-state index is 0.432. The van der Waals surface area contributed by atoms with Crippen LogP contribution in [0, 0.1) is 11.8 Å². The molecule has 0 saturated heterocycles. The van der Waals surface area contributed by atoms with Crippen LogP contribution in [0.25, 0.3) is 0 Å². The molecule has 1 saturated carbocycles. The Morgan fingerprint density at radius 1 is 1.30 bits per heavy atom. The van der Waals surface area contributed by atoms with Gasteiger partial charge in [-0.05, 0) is 37.5 Å². The van der Waals surface area contributed by atoms with Crippen molar-refractivity contribution in [3.05, 3.63) is 24.1 Å². The van der Waals surface area contributed by atoms with Gasteiger partial charge in [0, 0.05) is 12.1 Å². The summed E-state index contributed by atoms with van der Waals surface area (Å²) in [5, 5.41) is 11.7. The van der Waals surface area contributed by atoms with Crippen LogP contribution in [-0.4, -0.2) is 25.1 Å². The average molecular weight is 275 g/mol. The van der Waals surface area contributed by atoms with E-state index in [4.69, 9.17) is 4.52 Å². The predicted molar refractivity (Wildman–Crippen MR) is 73.0 cm³/mol. The maximum atomic E-state index is 5.43. The van der Waals surface area contributed by atoms with Crippen molar-refractivity contribution in [2.45, 2.75) is 52.0 Å². The van der Waals surface area contributed by atoms with Gasteiger partial charge in [0.15, 0.2) is 5.82 Å². The van der Waals surface area contributed by atoms with E-state index in [-0.39, 0.29) is 0 Å². The summed E-state index contributed by atoms with van der Waals surface area (Å²) in [7, 11) is 0. The van der Waals surface area contributed by atoms with Crippen molar-refractivity contribution in [3.8, 4) is 0 Å². The molecule has 2 aromatic heterocycles. The van der Waals surface area contributed by atoms with Crippen molar-refractivity contribution in [1.29, 1.82) is 0 Å². The van der Waals surface area contributed by atoms with Crippen LogP contribution in [0.3, 0.4) is 0 Å². The third-order valence-electron chi connectivity index (χ3n) is 4.32. The summed E-state index contributed by atoms with van der Waals surface area (Å²) in [4.78, 5) is 4.51. The molecule has 1 aliphatic rings. The Labute approximate surface area is 118 Å². The first-order chi connectivity index (χ1) is 9.72. The molecule has 0 spiro atoms. The predicted octanol–water partition coefficient (Wildman–Crippen LogP) is 2.64. The summed E-state index contributed by atoms with van der Waals surface area (Å²) in [5.74, 6) is 3.53. The molecule has 0 radical (unpaired) electrons. The van der Waals surface area contributed by atoms with E-state index in [1.165, 1.54) is 12.8 Å². The van der Waals surface area contributed by atoms with E-state index >= 15 is 0 Å². The third kappa shape index (κ3) is 2.89. The van der Waals surface area contributed by atoms with Gasteiger partial charge in [0.05, 0.1) is 6.20 Å². The Hall–Kier alpha value is -1.72.